The van der Waals surface area contributed by atoms with Gasteiger partial charge in [-0.2, -0.15) is 0 Å². The van der Waals surface area contributed by atoms with Crippen LogP contribution in [0.15, 0.2) is 60.7 Å². The van der Waals surface area contributed by atoms with Crippen LogP contribution in [0.2, 0.25) is 0 Å². The minimum atomic E-state index is -0.797. The standard InChI is InChI=1S/C20H18F2N2O/c1-13(20(25)23-19-17(21)8-5-9-18(19)22)24(2)16-11-10-14-6-3-4-7-15(14)12-16/h3-13H,1-2H3,(H,23,25). The topological polar surface area (TPSA) is 32.3 Å². The number of carbonyl (C=O) groups excluding carboxylic acids is 1. The van der Waals surface area contributed by atoms with E-state index >= 15 is 0 Å². The molecule has 0 radical (unpaired) electrons. The summed E-state index contributed by atoms with van der Waals surface area (Å²) in [6, 6.07) is 16.6. The maximum atomic E-state index is 13.7. The van der Waals surface area contributed by atoms with E-state index in [1.165, 1.54) is 6.07 Å². The molecule has 1 unspecified atom stereocenters. The minimum absolute atomic E-state index is 0.425. The minimum Gasteiger partial charge on any atom is -0.363 e. The lowest BCUT2D eigenvalue weighted by Crippen LogP contribution is -2.40. The van der Waals surface area contributed by atoms with Crippen LogP contribution in [-0.4, -0.2) is 19.0 Å². The zero-order valence-electron chi connectivity index (χ0n) is 14.0. The van der Waals surface area contributed by atoms with Gasteiger partial charge in [0.15, 0.2) is 0 Å². The second-order valence-electron chi connectivity index (χ2n) is 5.90. The largest absolute Gasteiger partial charge is 0.363 e. The van der Waals surface area contributed by atoms with E-state index in [9.17, 15) is 13.6 Å². The second kappa shape index (κ2) is 6.89. The predicted octanol–water partition coefficient (Wildman–Crippen LogP) is 4.58. The fourth-order valence-electron chi connectivity index (χ4n) is 2.64. The first-order valence-corrected chi connectivity index (χ1v) is 7.94. The van der Waals surface area contributed by atoms with Crippen molar-refractivity contribution in [2.75, 3.05) is 17.3 Å². The van der Waals surface area contributed by atoms with Gasteiger partial charge in [0, 0.05) is 12.7 Å². The molecule has 0 aromatic heterocycles. The molecular weight excluding hydrogens is 322 g/mol. The van der Waals surface area contributed by atoms with Crippen LogP contribution in [0.5, 0.6) is 0 Å². The number of halogens is 2. The molecular formula is C20H18F2N2O. The van der Waals surface area contributed by atoms with Gasteiger partial charge in [-0.1, -0.05) is 36.4 Å². The Balaban J connectivity index is 1.81. The Labute approximate surface area is 144 Å². The molecule has 128 valence electrons. The van der Waals surface area contributed by atoms with Crippen molar-refractivity contribution in [3.8, 4) is 0 Å². The van der Waals surface area contributed by atoms with Crippen LogP contribution in [-0.2, 0) is 4.79 Å². The van der Waals surface area contributed by atoms with Crippen LogP contribution in [0.1, 0.15) is 6.92 Å². The average molecular weight is 340 g/mol. The summed E-state index contributed by atoms with van der Waals surface area (Å²) >= 11 is 0. The fraction of sp³-hybridized carbons (Fsp3) is 0.150. The zero-order chi connectivity index (χ0) is 18.0. The van der Waals surface area contributed by atoms with Crippen LogP contribution < -0.4 is 10.2 Å². The lowest BCUT2D eigenvalue weighted by atomic mass is 10.1. The number of likely N-dealkylation sites (N-methyl/N-ethyl adjacent to an activating group) is 1. The van der Waals surface area contributed by atoms with Gasteiger partial charge in [0.1, 0.15) is 23.4 Å². The van der Waals surface area contributed by atoms with Crippen LogP contribution in [0, 0.1) is 11.6 Å². The van der Waals surface area contributed by atoms with Crippen molar-refractivity contribution in [3.63, 3.8) is 0 Å². The molecule has 1 N–H and O–H groups in total. The summed E-state index contributed by atoms with van der Waals surface area (Å²) in [6.45, 7) is 1.68. The molecule has 3 aromatic carbocycles. The van der Waals surface area contributed by atoms with Gasteiger partial charge >= 0.3 is 0 Å². The molecule has 0 saturated heterocycles. The molecule has 1 amide bonds. The molecule has 0 heterocycles. The summed E-state index contributed by atoms with van der Waals surface area (Å²) in [5.74, 6) is -2.08. The highest BCUT2D eigenvalue weighted by Gasteiger charge is 2.21. The lowest BCUT2D eigenvalue weighted by Gasteiger charge is -2.26. The number of benzene rings is 3. The quantitative estimate of drug-likeness (QED) is 0.754. The third-order valence-electron chi connectivity index (χ3n) is 4.31. The van der Waals surface area contributed by atoms with Gasteiger partial charge in [-0.25, -0.2) is 8.78 Å². The zero-order valence-corrected chi connectivity index (χ0v) is 14.0. The van der Waals surface area contributed by atoms with Gasteiger partial charge in [-0.3, -0.25) is 4.79 Å². The van der Waals surface area contributed by atoms with Gasteiger partial charge in [0.2, 0.25) is 5.91 Å². The van der Waals surface area contributed by atoms with Crippen molar-refractivity contribution >= 4 is 28.1 Å². The van der Waals surface area contributed by atoms with Gasteiger partial charge < -0.3 is 10.2 Å². The Morgan fingerprint density at radius 3 is 2.28 bits per heavy atom. The molecule has 3 rings (SSSR count). The fourth-order valence-corrected chi connectivity index (χ4v) is 2.64. The number of amides is 1. The molecule has 0 aliphatic rings. The van der Waals surface area contributed by atoms with Crippen molar-refractivity contribution < 1.29 is 13.6 Å². The number of rotatable bonds is 4. The molecule has 0 aliphatic heterocycles. The number of hydrogen-bond acceptors (Lipinski definition) is 2. The highest BCUT2D eigenvalue weighted by Crippen LogP contribution is 2.24. The number of nitrogens with zero attached hydrogens (tertiary/aromatic N) is 1. The maximum Gasteiger partial charge on any atom is 0.246 e. The normalized spacial score (nSPS) is 12.0. The maximum absolute atomic E-state index is 13.7. The Morgan fingerprint density at radius 2 is 1.60 bits per heavy atom. The molecule has 25 heavy (non-hydrogen) atoms. The Kier molecular flexibility index (Phi) is 4.65. The second-order valence-corrected chi connectivity index (χ2v) is 5.90. The Bertz CT molecular complexity index is 906. The summed E-state index contributed by atoms with van der Waals surface area (Å²) < 4.78 is 27.4. The lowest BCUT2D eigenvalue weighted by molar-refractivity contribution is -0.117. The van der Waals surface area contributed by atoms with E-state index in [0.717, 1.165) is 28.6 Å². The van der Waals surface area contributed by atoms with E-state index in [0.29, 0.717) is 0 Å². The molecule has 3 aromatic rings. The van der Waals surface area contributed by atoms with Crippen LogP contribution >= 0.6 is 0 Å². The smallest absolute Gasteiger partial charge is 0.246 e. The van der Waals surface area contributed by atoms with Crippen LogP contribution in [0.25, 0.3) is 10.8 Å². The molecule has 5 heteroatoms. The van der Waals surface area contributed by atoms with Crippen molar-refractivity contribution in [2.24, 2.45) is 0 Å². The van der Waals surface area contributed by atoms with E-state index in [1.807, 2.05) is 42.5 Å². The Hall–Kier alpha value is -2.95. The molecule has 0 fully saturated rings. The van der Waals surface area contributed by atoms with E-state index in [-0.39, 0.29) is 0 Å². The van der Waals surface area contributed by atoms with E-state index < -0.39 is 29.3 Å². The highest BCUT2D eigenvalue weighted by molar-refractivity contribution is 5.97. The van der Waals surface area contributed by atoms with Gasteiger partial charge in [-0.05, 0) is 42.0 Å². The van der Waals surface area contributed by atoms with Gasteiger partial charge in [0.25, 0.3) is 0 Å². The van der Waals surface area contributed by atoms with Crippen molar-refractivity contribution in [1.82, 2.24) is 0 Å². The Morgan fingerprint density at radius 1 is 0.960 bits per heavy atom. The van der Waals surface area contributed by atoms with Gasteiger partial charge in [-0.15, -0.1) is 0 Å². The first kappa shape index (κ1) is 16.9. The number of carbonyl (C=O) groups is 1. The third kappa shape index (κ3) is 3.45. The number of fused-ring (bicyclic) bond motifs is 1. The average Bonchev–Trinajstić information content (AvgIpc) is 2.63. The van der Waals surface area contributed by atoms with E-state index in [1.54, 1.807) is 18.9 Å². The van der Waals surface area contributed by atoms with Gasteiger partial charge in [0.05, 0.1) is 0 Å². The molecule has 3 nitrogen and oxygen atoms in total. The molecule has 0 saturated carbocycles. The van der Waals surface area contributed by atoms with Crippen molar-refractivity contribution in [3.05, 3.63) is 72.3 Å². The first-order valence-electron chi connectivity index (χ1n) is 7.94. The SMILES string of the molecule is CC(C(=O)Nc1c(F)cccc1F)N(C)c1ccc2ccccc2c1. The number of anilines is 2. The summed E-state index contributed by atoms with van der Waals surface area (Å²) in [4.78, 5) is 14.2. The molecule has 0 bridgehead atoms. The summed E-state index contributed by atoms with van der Waals surface area (Å²) in [5, 5.41) is 4.49. The molecule has 1 atom stereocenters. The molecule has 0 spiro atoms. The van der Waals surface area contributed by atoms with E-state index in [4.69, 9.17) is 0 Å². The number of nitrogens with one attached hydrogen (secondary N) is 1. The van der Waals surface area contributed by atoms with E-state index in [2.05, 4.69) is 5.32 Å². The van der Waals surface area contributed by atoms with Crippen molar-refractivity contribution in [2.45, 2.75) is 13.0 Å². The van der Waals surface area contributed by atoms with Crippen LogP contribution in [0.4, 0.5) is 20.2 Å². The van der Waals surface area contributed by atoms with Crippen LogP contribution in [0.3, 0.4) is 0 Å². The summed E-state index contributed by atoms with van der Waals surface area (Å²) in [6.07, 6.45) is 0. The molecule has 0 aliphatic carbocycles. The first-order chi connectivity index (χ1) is 12.0. The monoisotopic (exact) mass is 340 g/mol. The summed E-state index contributed by atoms with van der Waals surface area (Å²) in [5.41, 5.74) is 0.418. The predicted molar refractivity (Wildman–Crippen MR) is 96.8 cm³/mol. The summed E-state index contributed by atoms with van der Waals surface area (Å²) in [7, 11) is 1.77. The number of hydrogen-bond donors (Lipinski definition) is 1. The number of para-hydroxylation sites is 1. The highest BCUT2D eigenvalue weighted by atomic mass is 19.1. The van der Waals surface area contributed by atoms with Crippen molar-refractivity contribution in [1.29, 1.82) is 0 Å². The third-order valence-corrected chi connectivity index (χ3v) is 4.31.